The standard InChI is InChI=1S/C35H32N2O6S4/c38-46(39,40)21-8-7-19-36-29-22-27(25-10-3-1-4-11-25)15-17-31(29)44-33(36)24-34-37(20-9-14-35(37)47(41,42)43)30-23-28(16-18-32(30)45-34)26-12-5-2-6-13-26/h1-6,10-13,15-18,22-24,35H,7-9,14,19-21H2/p+2. The maximum Gasteiger partial charge on any atom is 0.320 e. The van der Waals surface area contributed by atoms with Gasteiger partial charge in [-0.1, -0.05) is 84.1 Å². The van der Waals surface area contributed by atoms with Crippen molar-refractivity contribution in [3.8, 4) is 22.3 Å². The second-order valence-electron chi connectivity index (χ2n) is 12.0. The fourth-order valence-corrected chi connectivity index (χ4v) is 11.3. The Labute approximate surface area is 283 Å². The van der Waals surface area contributed by atoms with Crippen LogP contribution in [0, 0.1) is 0 Å². The van der Waals surface area contributed by atoms with Crippen molar-refractivity contribution in [3.05, 3.63) is 107 Å². The van der Waals surface area contributed by atoms with Crippen LogP contribution in [0.5, 0.6) is 0 Å². The van der Waals surface area contributed by atoms with Crippen LogP contribution >= 0.6 is 23.1 Å². The van der Waals surface area contributed by atoms with E-state index in [4.69, 9.17) is 0 Å². The highest BCUT2D eigenvalue weighted by atomic mass is 32.2. The number of hydrogen-bond acceptors (Lipinski definition) is 6. The lowest BCUT2D eigenvalue weighted by atomic mass is 10.0. The quantitative estimate of drug-likeness (QED) is 0.0703. The van der Waals surface area contributed by atoms with Gasteiger partial charge in [-0.2, -0.15) is 21.4 Å². The van der Waals surface area contributed by atoms with Gasteiger partial charge in [0.25, 0.3) is 15.1 Å². The van der Waals surface area contributed by atoms with Gasteiger partial charge in [0.05, 0.1) is 23.3 Å². The van der Waals surface area contributed by atoms with Crippen LogP contribution in [0.25, 0.3) is 38.5 Å². The molecule has 2 unspecified atom stereocenters. The molecular formula is C35H34N2O6S4+2. The normalized spacial score (nSPS) is 20.4. The Bertz CT molecular complexity index is 2220. The minimum Gasteiger partial charge on any atom is -0.286 e. The number of thioether (sulfide) groups is 1. The number of unbranched alkanes of at least 4 members (excludes halogenated alkanes) is 1. The molecule has 3 heterocycles. The van der Waals surface area contributed by atoms with Gasteiger partial charge in [0.1, 0.15) is 4.70 Å². The lowest BCUT2D eigenvalue weighted by Gasteiger charge is -2.34. The summed E-state index contributed by atoms with van der Waals surface area (Å²) in [7, 11) is -8.48. The van der Waals surface area contributed by atoms with Gasteiger partial charge in [0, 0.05) is 31.4 Å². The van der Waals surface area contributed by atoms with Gasteiger partial charge in [0.15, 0.2) is 17.3 Å². The first-order valence-corrected chi connectivity index (χ1v) is 20.2. The van der Waals surface area contributed by atoms with Gasteiger partial charge in [-0.05, 0) is 52.6 Å². The summed E-state index contributed by atoms with van der Waals surface area (Å²) in [5, 5.41) is 0.691. The molecular weight excluding hydrogens is 673 g/mol. The molecule has 0 amide bonds. The van der Waals surface area contributed by atoms with Crippen LogP contribution in [-0.4, -0.2) is 43.6 Å². The van der Waals surface area contributed by atoms with Crippen molar-refractivity contribution in [2.24, 2.45) is 0 Å². The van der Waals surface area contributed by atoms with Crippen molar-refractivity contribution in [2.45, 2.75) is 42.5 Å². The number of benzene rings is 4. The van der Waals surface area contributed by atoms with E-state index in [0.717, 1.165) is 53.1 Å². The summed E-state index contributed by atoms with van der Waals surface area (Å²) >= 11 is 3.13. The number of aromatic nitrogens is 1. The first kappa shape index (κ1) is 32.2. The van der Waals surface area contributed by atoms with Crippen molar-refractivity contribution in [1.29, 1.82) is 0 Å². The molecule has 5 aromatic rings. The summed E-state index contributed by atoms with van der Waals surface area (Å²) in [6.07, 6.45) is 3.86. The number of fused-ring (bicyclic) bond motifs is 3. The average molecular weight is 707 g/mol. The number of rotatable bonds is 9. The Kier molecular flexibility index (Phi) is 8.62. The highest BCUT2D eigenvalue weighted by Crippen LogP contribution is 2.57. The lowest BCUT2D eigenvalue weighted by Crippen LogP contribution is -2.53. The smallest absolute Gasteiger partial charge is 0.286 e. The van der Waals surface area contributed by atoms with E-state index in [-0.39, 0.29) is 10.2 Å². The molecule has 0 radical (unpaired) electrons. The third-order valence-electron chi connectivity index (χ3n) is 9.02. The predicted octanol–water partition coefficient (Wildman–Crippen LogP) is 7.61. The number of hydrogen-bond donors (Lipinski definition) is 2. The summed E-state index contributed by atoms with van der Waals surface area (Å²) in [5.74, 6) is -0.313. The van der Waals surface area contributed by atoms with Crippen molar-refractivity contribution in [1.82, 2.24) is 4.48 Å². The van der Waals surface area contributed by atoms with E-state index in [1.807, 2.05) is 54.6 Å². The van der Waals surface area contributed by atoms with E-state index in [0.29, 0.717) is 38.8 Å². The molecule has 0 saturated carbocycles. The van der Waals surface area contributed by atoms with Gasteiger partial charge in [-0.25, -0.2) is 4.48 Å². The first-order valence-electron chi connectivity index (χ1n) is 15.4. The minimum absolute atomic E-state index is 0.0335. The lowest BCUT2D eigenvalue weighted by molar-refractivity contribution is -0.669. The number of quaternary nitrogens is 1. The molecule has 2 N–H and O–H groups in total. The molecule has 0 aliphatic carbocycles. The van der Waals surface area contributed by atoms with Crippen LogP contribution < -0.4 is 9.05 Å². The highest BCUT2D eigenvalue weighted by Gasteiger charge is 2.58. The van der Waals surface area contributed by atoms with Crippen molar-refractivity contribution in [3.63, 3.8) is 0 Å². The van der Waals surface area contributed by atoms with Crippen LogP contribution in [0.4, 0.5) is 5.69 Å². The van der Waals surface area contributed by atoms with Gasteiger partial charge in [-0.15, -0.1) is 0 Å². The molecule has 1 saturated heterocycles. The summed E-state index contributed by atoms with van der Waals surface area (Å²) in [5.41, 5.74) is 5.99. The van der Waals surface area contributed by atoms with Gasteiger partial charge < -0.3 is 0 Å². The van der Waals surface area contributed by atoms with E-state index in [1.165, 1.54) is 11.8 Å². The molecule has 1 spiro atoms. The van der Waals surface area contributed by atoms with Crippen molar-refractivity contribution in [2.75, 3.05) is 12.3 Å². The number of aryl methyl sites for hydroxylation is 1. The zero-order chi connectivity index (χ0) is 32.8. The molecule has 47 heavy (non-hydrogen) atoms. The molecule has 1 aromatic heterocycles. The van der Waals surface area contributed by atoms with Crippen LogP contribution in [0.2, 0.25) is 0 Å². The third kappa shape index (κ3) is 6.31. The molecule has 0 bridgehead atoms. The topological polar surface area (TPSA) is 113 Å². The predicted molar refractivity (Wildman–Crippen MR) is 190 cm³/mol. The zero-order valence-electron chi connectivity index (χ0n) is 25.4. The van der Waals surface area contributed by atoms with E-state index in [2.05, 4.69) is 53.1 Å². The van der Waals surface area contributed by atoms with Crippen LogP contribution in [0.3, 0.4) is 0 Å². The second-order valence-corrected chi connectivity index (χ2v) is 17.2. The Morgan fingerprint density at radius 3 is 2.13 bits per heavy atom. The SMILES string of the molecule is O=S(=O)(O)CCCC[n+]1c(C=C2Sc3ccc(-c4ccccc4)cc3[N+]23CCCC3S(=O)(=O)O)sc2ccc(-c3ccccc3)cc21. The molecule has 242 valence electrons. The maximum absolute atomic E-state index is 13.0. The van der Waals surface area contributed by atoms with Crippen molar-refractivity contribution < 1.29 is 30.5 Å². The molecule has 1 fully saturated rings. The Balaban J connectivity index is 1.38. The summed E-state index contributed by atoms with van der Waals surface area (Å²) < 4.78 is 72.1. The fourth-order valence-electron chi connectivity index (χ4n) is 6.88. The average Bonchev–Trinajstić information content (AvgIpc) is 3.74. The van der Waals surface area contributed by atoms with Crippen LogP contribution in [0.15, 0.2) is 107 Å². The maximum atomic E-state index is 13.0. The minimum atomic E-state index is -4.41. The monoisotopic (exact) mass is 706 g/mol. The van der Waals surface area contributed by atoms with Crippen molar-refractivity contribution >= 4 is 65.3 Å². The second kappa shape index (κ2) is 12.6. The van der Waals surface area contributed by atoms with Gasteiger partial charge >= 0.3 is 10.1 Å². The molecule has 12 heteroatoms. The summed E-state index contributed by atoms with van der Waals surface area (Å²) in [4.78, 5) is 0.957. The summed E-state index contributed by atoms with van der Waals surface area (Å²) in [6.45, 7) is 1.04. The van der Waals surface area contributed by atoms with Crippen LogP contribution in [-0.2, 0) is 26.8 Å². The molecule has 2 aliphatic heterocycles. The van der Waals surface area contributed by atoms with Crippen LogP contribution in [0.1, 0.15) is 30.7 Å². The van der Waals surface area contributed by atoms with E-state index in [1.54, 1.807) is 11.3 Å². The number of thiazole rings is 1. The van der Waals surface area contributed by atoms with E-state index >= 15 is 0 Å². The van der Waals surface area contributed by atoms with E-state index < -0.39 is 25.6 Å². The Morgan fingerprint density at radius 1 is 0.809 bits per heavy atom. The summed E-state index contributed by atoms with van der Waals surface area (Å²) in [6, 6.07) is 32.5. The molecule has 8 nitrogen and oxygen atoms in total. The largest absolute Gasteiger partial charge is 0.320 e. The molecule has 7 rings (SSSR count). The van der Waals surface area contributed by atoms with E-state index in [9.17, 15) is 25.9 Å². The molecule has 4 aromatic carbocycles. The first-order chi connectivity index (χ1) is 22.5. The van der Waals surface area contributed by atoms with Gasteiger partial charge in [0.2, 0.25) is 10.9 Å². The zero-order valence-corrected chi connectivity index (χ0v) is 28.7. The Hall–Kier alpha value is -3.36. The number of nitrogens with zero attached hydrogens (tertiary/aromatic N) is 2. The van der Waals surface area contributed by atoms with Gasteiger partial charge in [-0.3, -0.25) is 9.11 Å². The molecule has 2 atom stereocenters. The highest BCUT2D eigenvalue weighted by molar-refractivity contribution is 8.03. The molecule has 2 aliphatic rings. The third-order valence-corrected chi connectivity index (χ3v) is 13.4. The Morgan fingerprint density at radius 2 is 1.47 bits per heavy atom. The fraction of sp³-hybridized carbons (Fsp3) is 0.229.